The highest BCUT2D eigenvalue weighted by Crippen LogP contribution is 2.40. The number of thioether (sulfide) groups is 1. The lowest BCUT2D eigenvalue weighted by molar-refractivity contribution is -0.115. The number of anilines is 3. The second kappa shape index (κ2) is 14.2. The maximum atomic E-state index is 13.9. The third-order valence-electron chi connectivity index (χ3n) is 6.44. The standard InChI is InChI=1S/C33H27N3O5S3/c1-20-26(33(40)41-2)32(44-27(20)30(38)34-22-13-7-4-8-14-22)36-31(39)28(21-11-5-3-6-12-21)43-24-16-9-15-23(19-24)35-29(37)25-17-10-18-42-25/h3-19,28H,1-2H3,(H,34,38)(H,35,37)(H,36,39). The number of carbonyl (C=O) groups excluding carboxylic acids is 4. The van der Waals surface area contributed by atoms with E-state index in [-0.39, 0.29) is 21.3 Å². The summed E-state index contributed by atoms with van der Waals surface area (Å²) >= 11 is 3.66. The second-order valence-electron chi connectivity index (χ2n) is 9.43. The van der Waals surface area contributed by atoms with Crippen molar-refractivity contribution >= 4 is 74.5 Å². The Morgan fingerprint density at radius 2 is 1.45 bits per heavy atom. The molecule has 0 radical (unpaired) electrons. The first-order chi connectivity index (χ1) is 21.3. The molecule has 44 heavy (non-hydrogen) atoms. The number of methoxy groups -OCH3 is 1. The van der Waals surface area contributed by atoms with Crippen LogP contribution in [0.4, 0.5) is 16.4 Å². The third-order valence-corrected chi connectivity index (χ3v) is 9.76. The molecule has 1 unspecified atom stereocenters. The van der Waals surface area contributed by atoms with Crippen LogP contribution in [0.15, 0.2) is 107 Å². The highest BCUT2D eigenvalue weighted by Gasteiger charge is 2.29. The van der Waals surface area contributed by atoms with Gasteiger partial charge < -0.3 is 20.7 Å². The molecule has 0 spiro atoms. The maximum Gasteiger partial charge on any atom is 0.341 e. The maximum absolute atomic E-state index is 13.9. The van der Waals surface area contributed by atoms with Gasteiger partial charge in [0.2, 0.25) is 5.91 Å². The van der Waals surface area contributed by atoms with Crippen molar-refractivity contribution < 1.29 is 23.9 Å². The molecule has 0 saturated carbocycles. The van der Waals surface area contributed by atoms with E-state index in [1.165, 1.54) is 30.2 Å². The number of amides is 3. The fourth-order valence-electron chi connectivity index (χ4n) is 4.34. The molecule has 0 aliphatic carbocycles. The topological polar surface area (TPSA) is 114 Å². The number of ether oxygens (including phenoxy) is 1. The van der Waals surface area contributed by atoms with Crippen molar-refractivity contribution in [3.8, 4) is 0 Å². The fraction of sp³-hybridized carbons (Fsp3) is 0.0909. The van der Waals surface area contributed by atoms with Crippen LogP contribution in [0.1, 0.15) is 46.1 Å². The van der Waals surface area contributed by atoms with Crippen molar-refractivity contribution in [1.82, 2.24) is 0 Å². The first-order valence-electron chi connectivity index (χ1n) is 13.4. The summed E-state index contributed by atoms with van der Waals surface area (Å²) in [7, 11) is 1.25. The Balaban J connectivity index is 1.42. The number of benzene rings is 3. The Labute approximate surface area is 266 Å². The summed E-state index contributed by atoms with van der Waals surface area (Å²) in [5, 5.41) is 9.96. The van der Waals surface area contributed by atoms with E-state index >= 15 is 0 Å². The Morgan fingerprint density at radius 3 is 2.14 bits per heavy atom. The lowest BCUT2D eigenvalue weighted by Crippen LogP contribution is -2.20. The molecule has 8 nitrogen and oxygen atoms in total. The largest absolute Gasteiger partial charge is 0.465 e. The number of esters is 1. The van der Waals surface area contributed by atoms with Gasteiger partial charge in [0.05, 0.1) is 22.4 Å². The van der Waals surface area contributed by atoms with E-state index in [1.54, 1.807) is 49.4 Å². The minimum Gasteiger partial charge on any atom is -0.465 e. The van der Waals surface area contributed by atoms with Crippen LogP contribution in [0.3, 0.4) is 0 Å². The van der Waals surface area contributed by atoms with E-state index in [0.29, 0.717) is 21.8 Å². The van der Waals surface area contributed by atoms with E-state index in [1.807, 2.05) is 60.0 Å². The number of para-hydroxylation sites is 1. The molecule has 2 heterocycles. The van der Waals surface area contributed by atoms with Crippen LogP contribution in [0, 0.1) is 6.92 Å². The lowest BCUT2D eigenvalue weighted by atomic mass is 10.1. The van der Waals surface area contributed by atoms with Gasteiger partial charge in [-0.1, -0.05) is 60.7 Å². The molecule has 0 aliphatic rings. The molecule has 0 fully saturated rings. The zero-order valence-corrected chi connectivity index (χ0v) is 26.1. The van der Waals surface area contributed by atoms with Crippen molar-refractivity contribution in [3.63, 3.8) is 0 Å². The fourth-order valence-corrected chi connectivity index (χ4v) is 7.13. The monoisotopic (exact) mass is 641 g/mol. The SMILES string of the molecule is COC(=O)c1c(NC(=O)C(Sc2cccc(NC(=O)c3cccs3)c2)c2ccccc2)sc(C(=O)Nc2ccccc2)c1C. The Bertz CT molecular complexity index is 1790. The lowest BCUT2D eigenvalue weighted by Gasteiger charge is -2.17. The van der Waals surface area contributed by atoms with Gasteiger partial charge in [0, 0.05) is 16.3 Å². The molecule has 222 valence electrons. The zero-order valence-electron chi connectivity index (χ0n) is 23.7. The number of carbonyl (C=O) groups is 4. The highest BCUT2D eigenvalue weighted by molar-refractivity contribution is 8.00. The van der Waals surface area contributed by atoms with E-state index in [2.05, 4.69) is 16.0 Å². The van der Waals surface area contributed by atoms with Crippen molar-refractivity contribution in [3.05, 3.63) is 129 Å². The first-order valence-corrected chi connectivity index (χ1v) is 16.0. The molecule has 5 aromatic rings. The molecular weight excluding hydrogens is 615 g/mol. The number of hydrogen-bond donors (Lipinski definition) is 3. The number of hydrogen-bond acceptors (Lipinski definition) is 8. The molecule has 1 atom stereocenters. The third kappa shape index (κ3) is 7.25. The summed E-state index contributed by atoms with van der Waals surface area (Å²) in [5.41, 5.74) is 2.46. The van der Waals surface area contributed by atoms with Gasteiger partial charge in [-0.3, -0.25) is 14.4 Å². The van der Waals surface area contributed by atoms with Crippen molar-refractivity contribution in [1.29, 1.82) is 0 Å². The first kappa shape index (κ1) is 30.7. The molecule has 2 aromatic heterocycles. The Kier molecular flexibility index (Phi) is 9.90. The van der Waals surface area contributed by atoms with Crippen LogP contribution in [0.2, 0.25) is 0 Å². The number of thiophene rings is 2. The molecule has 11 heteroatoms. The van der Waals surface area contributed by atoms with Crippen molar-refractivity contribution in [2.24, 2.45) is 0 Å². The van der Waals surface area contributed by atoms with Crippen molar-refractivity contribution in [2.45, 2.75) is 17.1 Å². The van der Waals surface area contributed by atoms with Gasteiger partial charge in [0.1, 0.15) is 10.3 Å². The molecule has 3 amide bonds. The smallest absolute Gasteiger partial charge is 0.341 e. The average Bonchev–Trinajstić information content (AvgIpc) is 3.69. The summed E-state index contributed by atoms with van der Waals surface area (Å²) in [6, 6.07) is 29.0. The Morgan fingerprint density at radius 1 is 0.773 bits per heavy atom. The van der Waals surface area contributed by atoms with Crippen LogP contribution in [0.25, 0.3) is 0 Å². The quantitative estimate of drug-likeness (QED) is 0.106. The molecule has 3 N–H and O–H groups in total. The van der Waals surface area contributed by atoms with E-state index < -0.39 is 23.0 Å². The van der Waals surface area contributed by atoms with Gasteiger partial charge >= 0.3 is 5.97 Å². The van der Waals surface area contributed by atoms with Gasteiger partial charge in [-0.2, -0.15) is 0 Å². The van der Waals surface area contributed by atoms with E-state index in [4.69, 9.17) is 4.74 Å². The van der Waals surface area contributed by atoms with Gasteiger partial charge in [-0.15, -0.1) is 34.4 Å². The summed E-state index contributed by atoms with van der Waals surface area (Å²) < 4.78 is 5.01. The molecule has 0 saturated heterocycles. The van der Waals surface area contributed by atoms with Crippen LogP contribution in [-0.2, 0) is 9.53 Å². The van der Waals surface area contributed by atoms with Crippen LogP contribution < -0.4 is 16.0 Å². The van der Waals surface area contributed by atoms with Crippen LogP contribution >= 0.6 is 34.4 Å². The van der Waals surface area contributed by atoms with E-state index in [0.717, 1.165) is 21.8 Å². The van der Waals surface area contributed by atoms with Crippen LogP contribution in [0.5, 0.6) is 0 Å². The minimum atomic E-state index is -0.728. The number of nitrogens with one attached hydrogen (secondary N) is 3. The predicted octanol–water partition coefficient (Wildman–Crippen LogP) is 7.88. The van der Waals surface area contributed by atoms with Gasteiger partial charge in [-0.05, 0) is 59.8 Å². The van der Waals surface area contributed by atoms with E-state index in [9.17, 15) is 19.2 Å². The molecule has 0 bridgehead atoms. The normalized spacial score (nSPS) is 11.3. The van der Waals surface area contributed by atoms with Gasteiger partial charge in [-0.25, -0.2) is 4.79 Å². The molecule has 5 rings (SSSR count). The second-order valence-corrected chi connectivity index (χ2v) is 12.6. The van der Waals surface area contributed by atoms with Gasteiger partial charge in [0.25, 0.3) is 11.8 Å². The summed E-state index contributed by atoms with van der Waals surface area (Å²) in [6.07, 6.45) is 0. The summed E-state index contributed by atoms with van der Waals surface area (Å²) in [5.74, 6) is -1.67. The van der Waals surface area contributed by atoms with Gasteiger partial charge in [0.15, 0.2) is 0 Å². The molecule has 0 aliphatic heterocycles. The average molecular weight is 642 g/mol. The molecule has 3 aromatic carbocycles. The summed E-state index contributed by atoms with van der Waals surface area (Å²) in [6.45, 7) is 1.65. The van der Waals surface area contributed by atoms with Crippen LogP contribution in [-0.4, -0.2) is 30.8 Å². The zero-order chi connectivity index (χ0) is 31.1. The molecular formula is C33H27N3O5S3. The summed E-state index contributed by atoms with van der Waals surface area (Å²) in [4.78, 5) is 54.2. The number of rotatable bonds is 10. The Hall–Kier alpha value is -4.71. The highest BCUT2D eigenvalue weighted by atomic mass is 32.2. The van der Waals surface area contributed by atoms with Crippen molar-refractivity contribution in [2.75, 3.05) is 23.1 Å². The predicted molar refractivity (Wildman–Crippen MR) is 177 cm³/mol. The minimum absolute atomic E-state index is 0.124.